The third-order valence-corrected chi connectivity index (χ3v) is 5.70. The summed E-state index contributed by atoms with van der Waals surface area (Å²) in [5.41, 5.74) is 3.23. The average Bonchev–Trinajstić information content (AvgIpc) is 2.70. The second-order valence-corrected chi connectivity index (χ2v) is 8.33. The lowest BCUT2D eigenvalue weighted by Crippen LogP contribution is -2.47. The molecule has 1 N–H and O–H groups in total. The molecular weight excluding hydrogens is 409 g/mol. The van der Waals surface area contributed by atoms with Crippen LogP contribution in [-0.2, 0) is 22.5 Å². The van der Waals surface area contributed by atoms with Gasteiger partial charge in [0.2, 0.25) is 5.91 Å². The van der Waals surface area contributed by atoms with E-state index in [0.29, 0.717) is 29.6 Å². The van der Waals surface area contributed by atoms with E-state index in [1.54, 1.807) is 0 Å². The Hall–Kier alpha value is -1.79. The molecule has 1 fully saturated rings. The van der Waals surface area contributed by atoms with Gasteiger partial charge in [0.1, 0.15) is 0 Å². The van der Waals surface area contributed by atoms with Crippen molar-refractivity contribution in [2.45, 2.75) is 19.1 Å². The predicted molar refractivity (Wildman–Crippen MR) is 119 cm³/mol. The summed E-state index contributed by atoms with van der Waals surface area (Å²) in [5, 5.41) is 4.13. The van der Waals surface area contributed by atoms with Crippen molar-refractivity contribution >= 4 is 34.8 Å². The lowest BCUT2D eigenvalue weighted by molar-refractivity contribution is -0.121. The van der Waals surface area contributed by atoms with Crippen molar-refractivity contribution in [3.05, 3.63) is 63.6 Å². The summed E-state index contributed by atoms with van der Waals surface area (Å²) >= 11 is 12.1. The fraction of sp³-hybridized carbons (Fsp3) is 0.409. The lowest BCUT2D eigenvalue weighted by atomic mass is 10.1. The molecule has 0 saturated carbocycles. The van der Waals surface area contributed by atoms with Gasteiger partial charge in [0.05, 0.1) is 29.2 Å². The van der Waals surface area contributed by atoms with Crippen molar-refractivity contribution in [3.8, 4) is 0 Å². The van der Waals surface area contributed by atoms with Crippen LogP contribution in [0.4, 0.5) is 5.69 Å². The largest absolute Gasteiger partial charge is 0.378 e. The van der Waals surface area contributed by atoms with E-state index in [0.717, 1.165) is 36.4 Å². The highest BCUT2D eigenvalue weighted by Gasteiger charge is 2.21. The van der Waals surface area contributed by atoms with Crippen LogP contribution in [0.3, 0.4) is 0 Å². The maximum absolute atomic E-state index is 12.3. The number of carbonyl (C=O) groups is 1. The number of benzene rings is 2. The number of rotatable bonds is 7. The van der Waals surface area contributed by atoms with E-state index >= 15 is 0 Å². The highest BCUT2D eigenvalue weighted by atomic mass is 35.5. The summed E-state index contributed by atoms with van der Waals surface area (Å²) < 4.78 is 5.82. The van der Waals surface area contributed by atoms with Gasteiger partial charge in [0.25, 0.3) is 0 Å². The standard InChI is InChI=1S/C22H27Cl2N3O2/c1-26(2)18-6-3-16(4-7-18)12-22(28)25-13-19-15-27(9-10-29-19)14-17-5-8-20(23)21(24)11-17/h3-8,11,19H,9-10,12-15H2,1-2H3,(H,25,28). The summed E-state index contributed by atoms with van der Waals surface area (Å²) in [6.45, 7) is 3.55. The van der Waals surface area contributed by atoms with E-state index < -0.39 is 0 Å². The number of ether oxygens (including phenoxy) is 1. The molecule has 1 atom stereocenters. The van der Waals surface area contributed by atoms with E-state index in [9.17, 15) is 4.79 Å². The Morgan fingerprint density at radius 3 is 2.55 bits per heavy atom. The van der Waals surface area contributed by atoms with Crippen LogP contribution in [0.5, 0.6) is 0 Å². The Morgan fingerprint density at radius 2 is 1.86 bits per heavy atom. The van der Waals surface area contributed by atoms with Crippen molar-refractivity contribution in [2.75, 3.05) is 45.2 Å². The number of morpholine rings is 1. The van der Waals surface area contributed by atoms with E-state index in [1.807, 2.05) is 61.5 Å². The zero-order valence-corrected chi connectivity index (χ0v) is 18.3. The first-order chi connectivity index (χ1) is 13.9. The van der Waals surface area contributed by atoms with Crippen LogP contribution < -0.4 is 10.2 Å². The Bertz CT molecular complexity index is 827. The molecule has 0 aliphatic carbocycles. The number of carbonyl (C=O) groups excluding carboxylic acids is 1. The Balaban J connectivity index is 1.45. The molecular formula is C22H27Cl2N3O2. The number of nitrogens with zero attached hydrogens (tertiary/aromatic N) is 2. The number of halogens is 2. The number of hydrogen-bond acceptors (Lipinski definition) is 4. The summed E-state index contributed by atoms with van der Waals surface area (Å²) in [6.07, 6.45) is 0.347. The van der Waals surface area contributed by atoms with Gasteiger partial charge in [-0.15, -0.1) is 0 Å². The second-order valence-electron chi connectivity index (χ2n) is 7.52. The second kappa shape index (κ2) is 10.3. The van der Waals surface area contributed by atoms with Crippen molar-refractivity contribution in [1.29, 1.82) is 0 Å². The minimum absolute atomic E-state index is 0.00723. The highest BCUT2D eigenvalue weighted by Crippen LogP contribution is 2.23. The molecule has 0 spiro atoms. The minimum Gasteiger partial charge on any atom is -0.378 e. The molecule has 3 rings (SSSR count). The molecule has 1 aliphatic heterocycles. The molecule has 7 heteroatoms. The van der Waals surface area contributed by atoms with Crippen LogP contribution in [0.2, 0.25) is 10.0 Å². The first-order valence-corrected chi connectivity index (χ1v) is 10.5. The smallest absolute Gasteiger partial charge is 0.224 e. The van der Waals surface area contributed by atoms with Crippen LogP contribution in [0.25, 0.3) is 0 Å². The van der Waals surface area contributed by atoms with Gasteiger partial charge < -0.3 is 15.0 Å². The SMILES string of the molecule is CN(C)c1ccc(CC(=O)NCC2CN(Cc3ccc(Cl)c(Cl)c3)CCO2)cc1. The van der Waals surface area contributed by atoms with Crippen LogP contribution in [0.15, 0.2) is 42.5 Å². The van der Waals surface area contributed by atoms with Crippen molar-refractivity contribution in [2.24, 2.45) is 0 Å². The first kappa shape index (κ1) is 21.9. The Morgan fingerprint density at radius 1 is 1.14 bits per heavy atom. The highest BCUT2D eigenvalue weighted by molar-refractivity contribution is 6.42. The summed E-state index contributed by atoms with van der Waals surface area (Å²) in [6, 6.07) is 13.7. The topological polar surface area (TPSA) is 44.8 Å². The van der Waals surface area contributed by atoms with Gasteiger partial charge in [-0.25, -0.2) is 0 Å². The third kappa shape index (κ3) is 6.61. The molecule has 0 aromatic heterocycles. The fourth-order valence-electron chi connectivity index (χ4n) is 3.33. The average molecular weight is 436 g/mol. The molecule has 2 aromatic rings. The summed E-state index contributed by atoms with van der Waals surface area (Å²) in [4.78, 5) is 16.6. The molecule has 2 aromatic carbocycles. The number of amides is 1. The van der Waals surface area contributed by atoms with Crippen LogP contribution in [0, 0.1) is 0 Å². The molecule has 1 heterocycles. The van der Waals surface area contributed by atoms with Gasteiger partial charge in [-0.2, -0.15) is 0 Å². The summed E-state index contributed by atoms with van der Waals surface area (Å²) in [7, 11) is 3.99. The number of hydrogen-bond donors (Lipinski definition) is 1. The Labute approximate surface area is 182 Å². The van der Waals surface area contributed by atoms with Gasteiger partial charge >= 0.3 is 0 Å². The molecule has 1 amide bonds. The molecule has 5 nitrogen and oxygen atoms in total. The van der Waals surface area contributed by atoms with E-state index in [1.165, 1.54) is 0 Å². The lowest BCUT2D eigenvalue weighted by Gasteiger charge is -2.33. The van der Waals surface area contributed by atoms with Gasteiger partial charge in [-0.05, 0) is 35.4 Å². The Kier molecular flexibility index (Phi) is 7.78. The number of nitrogens with one attached hydrogen (secondary N) is 1. The van der Waals surface area contributed by atoms with Crippen LogP contribution >= 0.6 is 23.2 Å². The summed E-state index contributed by atoms with van der Waals surface area (Å²) in [5.74, 6) is 0.00723. The predicted octanol–water partition coefficient (Wildman–Crippen LogP) is 3.62. The third-order valence-electron chi connectivity index (χ3n) is 4.96. The molecule has 1 unspecified atom stereocenters. The normalized spacial score (nSPS) is 17.2. The van der Waals surface area contributed by atoms with Crippen molar-refractivity contribution < 1.29 is 9.53 Å². The molecule has 1 saturated heterocycles. The van der Waals surface area contributed by atoms with Gasteiger partial charge in [0, 0.05) is 46.0 Å². The van der Waals surface area contributed by atoms with Gasteiger partial charge in [0.15, 0.2) is 0 Å². The van der Waals surface area contributed by atoms with Crippen molar-refractivity contribution in [3.63, 3.8) is 0 Å². The van der Waals surface area contributed by atoms with Gasteiger partial charge in [-0.3, -0.25) is 9.69 Å². The maximum Gasteiger partial charge on any atom is 0.224 e. The zero-order valence-electron chi connectivity index (χ0n) is 16.8. The number of anilines is 1. The molecule has 29 heavy (non-hydrogen) atoms. The molecule has 0 bridgehead atoms. The molecule has 1 aliphatic rings. The maximum atomic E-state index is 12.3. The van der Waals surface area contributed by atoms with Crippen LogP contribution in [0.1, 0.15) is 11.1 Å². The first-order valence-electron chi connectivity index (χ1n) is 9.71. The van der Waals surface area contributed by atoms with Crippen molar-refractivity contribution in [1.82, 2.24) is 10.2 Å². The van der Waals surface area contributed by atoms with Crippen LogP contribution in [-0.4, -0.2) is 57.2 Å². The quantitative estimate of drug-likeness (QED) is 0.720. The monoisotopic (exact) mass is 435 g/mol. The minimum atomic E-state index is -0.0217. The molecule has 156 valence electrons. The van der Waals surface area contributed by atoms with E-state index in [2.05, 4.69) is 10.2 Å². The zero-order chi connectivity index (χ0) is 20.8. The van der Waals surface area contributed by atoms with Gasteiger partial charge in [-0.1, -0.05) is 41.4 Å². The fourth-order valence-corrected chi connectivity index (χ4v) is 3.65. The van der Waals surface area contributed by atoms with E-state index in [4.69, 9.17) is 27.9 Å². The van der Waals surface area contributed by atoms with E-state index in [-0.39, 0.29) is 12.0 Å². The molecule has 0 radical (unpaired) electrons.